The number of nitrogens with one attached hydrogen (secondary N) is 1. The van der Waals surface area contributed by atoms with Crippen LogP contribution < -0.4 is 10.5 Å². The number of sulfonamides is 1. The summed E-state index contributed by atoms with van der Waals surface area (Å²) in [6, 6.07) is 3.26. The second-order valence-corrected chi connectivity index (χ2v) is 6.97. The van der Waals surface area contributed by atoms with Crippen molar-refractivity contribution in [3.63, 3.8) is 0 Å². The lowest BCUT2D eigenvalue weighted by atomic mass is 10.2. The van der Waals surface area contributed by atoms with Crippen molar-refractivity contribution in [2.24, 2.45) is 0 Å². The minimum atomic E-state index is -3.84. The zero-order valence-electron chi connectivity index (χ0n) is 10.7. The summed E-state index contributed by atoms with van der Waals surface area (Å²) in [7, 11) is -3.84. The number of nitrogens with two attached hydrogens (primary N) is 1. The highest BCUT2D eigenvalue weighted by Gasteiger charge is 2.20. The van der Waals surface area contributed by atoms with Crippen molar-refractivity contribution in [1.82, 2.24) is 9.71 Å². The van der Waals surface area contributed by atoms with E-state index in [1.165, 1.54) is 17.4 Å². The number of aromatic nitrogens is 1. The van der Waals surface area contributed by atoms with E-state index in [-0.39, 0.29) is 23.0 Å². The van der Waals surface area contributed by atoms with E-state index in [2.05, 4.69) is 9.71 Å². The van der Waals surface area contributed by atoms with Crippen LogP contribution >= 0.6 is 11.3 Å². The van der Waals surface area contributed by atoms with Crippen molar-refractivity contribution in [3.8, 4) is 0 Å². The molecule has 8 heteroatoms. The first-order valence-corrected chi connectivity index (χ1v) is 8.20. The summed E-state index contributed by atoms with van der Waals surface area (Å²) in [5, 5.41) is 2.66. The van der Waals surface area contributed by atoms with Crippen molar-refractivity contribution in [2.75, 3.05) is 12.3 Å². The summed E-state index contributed by atoms with van der Waals surface area (Å²) in [5.74, 6) is -0.716. The third kappa shape index (κ3) is 3.33. The molecular weight excluding hydrogens is 301 g/mol. The molecule has 1 aromatic carbocycles. The molecular formula is C12H14FN3O2S2. The predicted octanol–water partition coefficient (Wildman–Crippen LogP) is 1.95. The molecule has 1 atom stereocenters. The molecule has 0 spiro atoms. The number of nitrogen functional groups attached to an aromatic ring is 1. The van der Waals surface area contributed by atoms with Crippen LogP contribution in [0.3, 0.4) is 0 Å². The molecule has 0 radical (unpaired) electrons. The van der Waals surface area contributed by atoms with Gasteiger partial charge >= 0.3 is 0 Å². The van der Waals surface area contributed by atoms with Gasteiger partial charge in [-0.25, -0.2) is 22.5 Å². The number of anilines is 1. The standard InChI is InChI=1S/C12H14FN3O2S2/c1-8(12-15-4-5-19-12)7-16-20(17,18)11-6-9(13)2-3-10(11)14/h2-6,8,16H,7,14H2,1H3. The first-order valence-electron chi connectivity index (χ1n) is 5.84. The fraction of sp³-hybridized carbons (Fsp3) is 0.250. The van der Waals surface area contributed by atoms with Gasteiger partial charge in [-0.2, -0.15) is 0 Å². The molecule has 20 heavy (non-hydrogen) atoms. The van der Waals surface area contributed by atoms with E-state index in [1.54, 1.807) is 6.20 Å². The van der Waals surface area contributed by atoms with Gasteiger partial charge in [0.15, 0.2) is 0 Å². The van der Waals surface area contributed by atoms with Gasteiger partial charge in [0, 0.05) is 24.0 Å². The molecule has 0 aliphatic heterocycles. The van der Waals surface area contributed by atoms with Crippen molar-refractivity contribution in [3.05, 3.63) is 40.6 Å². The van der Waals surface area contributed by atoms with Crippen LogP contribution in [0.2, 0.25) is 0 Å². The molecule has 0 bridgehead atoms. The fourth-order valence-electron chi connectivity index (χ4n) is 1.62. The van der Waals surface area contributed by atoms with E-state index in [0.29, 0.717) is 0 Å². The zero-order valence-corrected chi connectivity index (χ0v) is 12.3. The normalized spacial score (nSPS) is 13.3. The second-order valence-electron chi connectivity index (χ2n) is 4.31. The van der Waals surface area contributed by atoms with Crippen molar-refractivity contribution < 1.29 is 12.8 Å². The summed E-state index contributed by atoms with van der Waals surface area (Å²) in [6.45, 7) is 2.03. The molecule has 0 saturated heterocycles. The number of hydrogen-bond donors (Lipinski definition) is 2. The third-order valence-electron chi connectivity index (χ3n) is 2.72. The SMILES string of the molecule is CC(CNS(=O)(=O)c1cc(F)ccc1N)c1nccs1. The van der Waals surface area contributed by atoms with Gasteiger partial charge in [0.1, 0.15) is 10.7 Å². The number of rotatable bonds is 5. The van der Waals surface area contributed by atoms with Crippen molar-refractivity contribution >= 4 is 27.0 Å². The molecule has 108 valence electrons. The Morgan fingerprint density at radius 2 is 2.25 bits per heavy atom. The fourth-order valence-corrected chi connectivity index (χ4v) is 3.59. The minimum absolute atomic E-state index is 0.0146. The van der Waals surface area contributed by atoms with Gasteiger partial charge in [0.05, 0.1) is 10.7 Å². The molecule has 2 rings (SSSR count). The third-order valence-corrected chi connectivity index (χ3v) is 5.20. The van der Waals surface area contributed by atoms with Crippen LogP contribution in [-0.2, 0) is 10.0 Å². The number of hydrogen-bond acceptors (Lipinski definition) is 5. The molecule has 3 N–H and O–H groups in total. The van der Waals surface area contributed by atoms with E-state index in [9.17, 15) is 12.8 Å². The lowest BCUT2D eigenvalue weighted by molar-refractivity contribution is 0.572. The molecule has 0 saturated carbocycles. The van der Waals surface area contributed by atoms with E-state index >= 15 is 0 Å². The van der Waals surface area contributed by atoms with Gasteiger partial charge in [0.25, 0.3) is 0 Å². The van der Waals surface area contributed by atoms with Gasteiger partial charge in [-0.05, 0) is 18.2 Å². The van der Waals surface area contributed by atoms with Gasteiger partial charge < -0.3 is 5.73 Å². The Balaban J connectivity index is 2.13. The number of thiazole rings is 1. The Hall–Kier alpha value is -1.51. The Bertz CT molecular complexity index is 687. The number of benzene rings is 1. The molecule has 0 aliphatic rings. The Kier molecular flexibility index (Phi) is 4.36. The quantitative estimate of drug-likeness (QED) is 0.826. The van der Waals surface area contributed by atoms with Gasteiger partial charge in [0.2, 0.25) is 10.0 Å². The van der Waals surface area contributed by atoms with Crippen LogP contribution in [0.4, 0.5) is 10.1 Å². The van der Waals surface area contributed by atoms with E-state index in [1.807, 2.05) is 12.3 Å². The maximum absolute atomic E-state index is 13.1. The van der Waals surface area contributed by atoms with Crippen LogP contribution in [-0.4, -0.2) is 19.9 Å². The van der Waals surface area contributed by atoms with E-state index in [4.69, 9.17) is 5.73 Å². The summed E-state index contributed by atoms with van der Waals surface area (Å²) < 4.78 is 39.8. The van der Waals surface area contributed by atoms with Crippen LogP contribution in [0.1, 0.15) is 17.8 Å². The van der Waals surface area contributed by atoms with Crippen molar-refractivity contribution in [1.29, 1.82) is 0 Å². The van der Waals surface area contributed by atoms with Gasteiger partial charge in [-0.3, -0.25) is 0 Å². The molecule has 0 fully saturated rings. The molecule has 2 aromatic rings. The lowest BCUT2D eigenvalue weighted by Gasteiger charge is -2.12. The first kappa shape index (κ1) is 14.9. The summed E-state index contributed by atoms with van der Waals surface area (Å²) in [5.41, 5.74) is 5.60. The Labute approximate surface area is 120 Å². The summed E-state index contributed by atoms with van der Waals surface area (Å²) in [4.78, 5) is 3.87. The largest absolute Gasteiger partial charge is 0.398 e. The lowest BCUT2D eigenvalue weighted by Crippen LogP contribution is -2.28. The maximum atomic E-state index is 13.1. The van der Waals surface area contributed by atoms with Crippen LogP contribution in [0.15, 0.2) is 34.7 Å². The highest BCUT2D eigenvalue weighted by atomic mass is 32.2. The Morgan fingerprint density at radius 1 is 1.50 bits per heavy atom. The number of nitrogens with zero attached hydrogens (tertiary/aromatic N) is 1. The van der Waals surface area contributed by atoms with E-state index < -0.39 is 15.8 Å². The molecule has 1 unspecified atom stereocenters. The maximum Gasteiger partial charge on any atom is 0.242 e. The van der Waals surface area contributed by atoms with Crippen molar-refractivity contribution in [2.45, 2.75) is 17.7 Å². The zero-order chi connectivity index (χ0) is 14.8. The second kappa shape index (κ2) is 5.86. The molecule has 5 nitrogen and oxygen atoms in total. The van der Waals surface area contributed by atoms with Crippen LogP contribution in [0.5, 0.6) is 0 Å². The Morgan fingerprint density at radius 3 is 2.90 bits per heavy atom. The molecule has 1 aromatic heterocycles. The van der Waals surface area contributed by atoms with Crippen LogP contribution in [0.25, 0.3) is 0 Å². The first-order chi connectivity index (χ1) is 9.40. The minimum Gasteiger partial charge on any atom is -0.398 e. The molecule has 1 heterocycles. The summed E-state index contributed by atoms with van der Waals surface area (Å²) in [6.07, 6.45) is 1.66. The average molecular weight is 315 g/mol. The topological polar surface area (TPSA) is 85.1 Å². The smallest absolute Gasteiger partial charge is 0.242 e. The highest BCUT2D eigenvalue weighted by Crippen LogP contribution is 2.21. The monoisotopic (exact) mass is 315 g/mol. The number of halogens is 1. The summed E-state index contributed by atoms with van der Waals surface area (Å²) >= 11 is 1.45. The molecule has 0 amide bonds. The van der Waals surface area contributed by atoms with Gasteiger partial charge in [-0.1, -0.05) is 6.92 Å². The highest BCUT2D eigenvalue weighted by molar-refractivity contribution is 7.89. The van der Waals surface area contributed by atoms with E-state index in [0.717, 1.165) is 17.1 Å². The predicted molar refractivity (Wildman–Crippen MR) is 76.5 cm³/mol. The average Bonchev–Trinajstić information content (AvgIpc) is 2.93. The van der Waals surface area contributed by atoms with Gasteiger partial charge in [-0.15, -0.1) is 11.3 Å². The van der Waals surface area contributed by atoms with Crippen LogP contribution in [0, 0.1) is 5.82 Å². The molecule has 0 aliphatic carbocycles.